The molecule has 55 heavy (non-hydrogen) atoms. The third-order valence-electron chi connectivity index (χ3n) is 11.8. The maximum absolute atomic E-state index is 9.63. The molecular formula is C51H41N3O. The smallest absolute Gasteiger partial charge is 0.135 e. The number of para-hydroxylation sites is 2. The van der Waals surface area contributed by atoms with Crippen LogP contribution in [-0.2, 0) is 6.42 Å². The molecule has 0 aliphatic heterocycles. The Bertz CT molecular complexity index is 3130. The van der Waals surface area contributed by atoms with Crippen LogP contribution >= 0.6 is 0 Å². The van der Waals surface area contributed by atoms with Crippen LogP contribution in [0.4, 0.5) is 0 Å². The number of hydrogen-bond donors (Lipinski definition) is 0. The van der Waals surface area contributed by atoms with Gasteiger partial charge < -0.3 is 13.6 Å². The van der Waals surface area contributed by atoms with E-state index in [0.717, 1.165) is 78.6 Å². The molecule has 4 nitrogen and oxygen atoms in total. The fourth-order valence-electron chi connectivity index (χ4n) is 8.93. The number of furan rings is 1. The minimum atomic E-state index is 0.661. The Morgan fingerprint density at radius 1 is 0.545 bits per heavy atom. The number of benzene rings is 7. The summed E-state index contributed by atoms with van der Waals surface area (Å²) in [7, 11) is 0. The van der Waals surface area contributed by atoms with Crippen molar-refractivity contribution in [3.63, 3.8) is 0 Å². The second kappa shape index (κ2) is 13.4. The Morgan fingerprint density at radius 3 is 1.91 bits per heavy atom. The van der Waals surface area contributed by atoms with E-state index in [0.29, 0.717) is 5.56 Å². The summed E-state index contributed by atoms with van der Waals surface area (Å²) in [6.45, 7) is 4.63. The largest absolute Gasteiger partial charge is 0.456 e. The highest BCUT2D eigenvalue weighted by atomic mass is 16.3. The second-order valence-corrected chi connectivity index (χ2v) is 15.1. The van der Waals surface area contributed by atoms with E-state index in [2.05, 4.69) is 163 Å². The molecular weight excluding hydrogens is 671 g/mol. The molecule has 266 valence electrons. The van der Waals surface area contributed by atoms with Gasteiger partial charge in [0.1, 0.15) is 11.2 Å². The zero-order chi connectivity index (χ0) is 37.0. The molecule has 1 atom stereocenters. The first-order valence-electron chi connectivity index (χ1n) is 19.6. The zero-order valence-corrected chi connectivity index (χ0v) is 31.2. The molecule has 0 bridgehead atoms. The Labute approximate surface area is 320 Å². The van der Waals surface area contributed by atoms with Crippen LogP contribution in [0.3, 0.4) is 0 Å². The van der Waals surface area contributed by atoms with E-state index in [-0.39, 0.29) is 0 Å². The van der Waals surface area contributed by atoms with Crippen molar-refractivity contribution in [3.8, 4) is 28.6 Å². The lowest BCUT2D eigenvalue weighted by Crippen LogP contribution is -2.03. The van der Waals surface area contributed by atoms with Crippen LogP contribution in [0.15, 0.2) is 150 Å². The van der Waals surface area contributed by atoms with E-state index in [1.165, 1.54) is 53.1 Å². The lowest BCUT2D eigenvalue weighted by atomic mass is 9.91. The summed E-state index contributed by atoms with van der Waals surface area (Å²) in [5.74, 6) is 0.728. The highest BCUT2D eigenvalue weighted by molar-refractivity contribution is 6.12. The quantitative estimate of drug-likeness (QED) is 0.150. The van der Waals surface area contributed by atoms with E-state index < -0.39 is 0 Å². The highest BCUT2D eigenvalue weighted by Gasteiger charge is 2.17. The summed E-state index contributed by atoms with van der Waals surface area (Å²) >= 11 is 0. The predicted molar refractivity (Wildman–Crippen MR) is 230 cm³/mol. The third-order valence-corrected chi connectivity index (χ3v) is 11.8. The van der Waals surface area contributed by atoms with E-state index >= 15 is 0 Å². The second-order valence-electron chi connectivity index (χ2n) is 15.1. The van der Waals surface area contributed by atoms with Crippen molar-refractivity contribution in [1.29, 1.82) is 5.26 Å². The maximum Gasteiger partial charge on any atom is 0.135 e. The first-order chi connectivity index (χ1) is 27.1. The Morgan fingerprint density at radius 2 is 1.18 bits per heavy atom. The number of nitriles is 1. The zero-order valence-electron chi connectivity index (χ0n) is 31.2. The van der Waals surface area contributed by atoms with E-state index in [4.69, 9.17) is 4.42 Å². The van der Waals surface area contributed by atoms with Gasteiger partial charge in [-0.15, -0.1) is 0 Å². The molecule has 0 saturated carbocycles. The van der Waals surface area contributed by atoms with Crippen LogP contribution in [0.1, 0.15) is 50.7 Å². The molecule has 0 spiro atoms. The molecule has 0 aliphatic rings. The van der Waals surface area contributed by atoms with Gasteiger partial charge in [-0.05, 0) is 114 Å². The molecule has 0 saturated heterocycles. The van der Waals surface area contributed by atoms with Crippen molar-refractivity contribution in [2.45, 2.75) is 46.0 Å². The lowest BCUT2D eigenvalue weighted by Gasteiger charge is -2.15. The van der Waals surface area contributed by atoms with Crippen molar-refractivity contribution >= 4 is 65.6 Å². The normalized spacial score (nSPS) is 12.5. The van der Waals surface area contributed by atoms with Crippen molar-refractivity contribution in [2.24, 2.45) is 5.92 Å². The average molecular weight is 712 g/mol. The summed E-state index contributed by atoms with van der Waals surface area (Å²) in [5.41, 5.74) is 13.0. The van der Waals surface area contributed by atoms with Crippen molar-refractivity contribution in [1.82, 2.24) is 9.13 Å². The van der Waals surface area contributed by atoms with Gasteiger partial charge in [0, 0.05) is 43.7 Å². The van der Waals surface area contributed by atoms with Gasteiger partial charge in [0.15, 0.2) is 0 Å². The maximum atomic E-state index is 9.63. The minimum absolute atomic E-state index is 0.661. The summed E-state index contributed by atoms with van der Waals surface area (Å²) in [5, 5.41) is 16.6. The molecule has 7 aromatic carbocycles. The molecule has 0 radical (unpaired) electrons. The predicted octanol–water partition coefficient (Wildman–Crippen LogP) is 14.1. The van der Waals surface area contributed by atoms with Gasteiger partial charge in [0.25, 0.3) is 0 Å². The van der Waals surface area contributed by atoms with Crippen LogP contribution in [0.5, 0.6) is 0 Å². The van der Waals surface area contributed by atoms with Crippen LogP contribution in [-0.4, -0.2) is 9.13 Å². The molecule has 10 rings (SSSR count). The lowest BCUT2D eigenvalue weighted by molar-refractivity contribution is 0.449. The van der Waals surface area contributed by atoms with Gasteiger partial charge in [0.05, 0.1) is 33.7 Å². The monoisotopic (exact) mass is 711 g/mol. The van der Waals surface area contributed by atoms with Crippen molar-refractivity contribution in [3.05, 3.63) is 157 Å². The van der Waals surface area contributed by atoms with E-state index in [1.54, 1.807) is 0 Å². The van der Waals surface area contributed by atoms with Gasteiger partial charge in [-0.25, -0.2) is 0 Å². The number of nitrogens with zero attached hydrogens (tertiary/aromatic N) is 3. The summed E-state index contributed by atoms with van der Waals surface area (Å²) in [4.78, 5) is 0. The van der Waals surface area contributed by atoms with Crippen molar-refractivity contribution in [2.75, 3.05) is 0 Å². The highest BCUT2D eigenvalue weighted by Crippen LogP contribution is 2.39. The molecule has 0 fully saturated rings. The molecule has 4 heteroatoms. The first kappa shape index (κ1) is 33.0. The van der Waals surface area contributed by atoms with Gasteiger partial charge in [-0.2, -0.15) is 5.26 Å². The number of fused-ring (bicyclic) bond motifs is 9. The van der Waals surface area contributed by atoms with Crippen LogP contribution in [0, 0.1) is 17.2 Å². The van der Waals surface area contributed by atoms with Gasteiger partial charge in [-0.1, -0.05) is 100 Å². The SMILES string of the molecule is CCCCC(CC)Cc1ccc2c(c1)c1ccccc1n2-c1cccc(-c2ccc3oc4ccc(-n5c6ccccc6c6cc(C#N)ccc65)cc4c3c2)c1. The molecule has 0 N–H and O–H groups in total. The number of unbranched alkanes of at least 4 members (excludes halogenated alkanes) is 1. The summed E-state index contributed by atoms with van der Waals surface area (Å²) in [6, 6.07) is 54.6. The topological polar surface area (TPSA) is 46.8 Å². The number of hydrogen-bond acceptors (Lipinski definition) is 2. The number of rotatable bonds is 9. The van der Waals surface area contributed by atoms with Crippen LogP contribution < -0.4 is 0 Å². The van der Waals surface area contributed by atoms with Crippen LogP contribution in [0.2, 0.25) is 0 Å². The van der Waals surface area contributed by atoms with E-state index in [1.807, 2.05) is 12.1 Å². The molecule has 0 aliphatic carbocycles. The molecule has 1 unspecified atom stereocenters. The standard InChI is InChI=1S/C51H41N3O/c1-3-5-11-33(4-2)26-34-18-22-48-42(27-34)40-14-6-8-16-46(40)53(48)38-13-10-12-36(29-38)37-20-24-50-44(30-37)45-31-39(21-25-51(45)55-50)54-47-17-9-7-15-41(47)43-28-35(32-52)19-23-49(43)54/h6-10,12-25,27-31,33H,3-5,11,26H2,1-2H3. The first-order valence-corrected chi connectivity index (χ1v) is 19.6. The molecule has 10 aromatic rings. The van der Waals surface area contributed by atoms with Gasteiger partial charge in [-0.3, -0.25) is 0 Å². The molecule has 3 aromatic heterocycles. The third kappa shape index (κ3) is 5.50. The molecule has 3 heterocycles. The fourth-order valence-corrected chi connectivity index (χ4v) is 8.93. The Balaban J connectivity index is 1.07. The summed E-state index contributed by atoms with van der Waals surface area (Å²) < 4.78 is 11.1. The van der Waals surface area contributed by atoms with Crippen LogP contribution in [0.25, 0.3) is 88.1 Å². The van der Waals surface area contributed by atoms with E-state index in [9.17, 15) is 5.26 Å². The average Bonchev–Trinajstić information content (AvgIpc) is 3.89. The Kier molecular flexibility index (Phi) is 8.03. The van der Waals surface area contributed by atoms with Gasteiger partial charge in [0.2, 0.25) is 0 Å². The fraction of sp³-hybridized carbons (Fsp3) is 0.157. The van der Waals surface area contributed by atoms with Gasteiger partial charge >= 0.3 is 0 Å². The summed E-state index contributed by atoms with van der Waals surface area (Å²) in [6.07, 6.45) is 6.21. The van der Waals surface area contributed by atoms with Crippen molar-refractivity contribution < 1.29 is 4.42 Å². The molecule has 0 amide bonds. The Hall–Kier alpha value is -6.57. The minimum Gasteiger partial charge on any atom is -0.456 e. The number of aromatic nitrogens is 2.